The molecule has 1 N–H and O–H groups in total. The third kappa shape index (κ3) is 2.54. The first-order valence-electron chi connectivity index (χ1n) is 6.82. The molecule has 0 bridgehead atoms. The average molecular weight is 242 g/mol. The third-order valence-electron chi connectivity index (χ3n) is 3.82. The molecule has 18 heavy (non-hydrogen) atoms. The van der Waals surface area contributed by atoms with Gasteiger partial charge in [-0.1, -0.05) is 44.9 Å². The summed E-state index contributed by atoms with van der Waals surface area (Å²) in [4.78, 5) is 4.44. The zero-order valence-corrected chi connectivity index (χ0v) is 11.5. The van der Waals surface area contributed by atoms with Crippen molar-refractivity contribution in [1.29, 1.82) is 0 Å². The van der Waals surface area contributed by atoms with E-state index in [0.29, 0.717) is 12.0 Å². The molecule has 0 aliphatic rings. The topological polar surface area (TPSA) is 24.9 Å². The van der Waals surface area contributed by atoms with Crippen molar-refractivity contribution in [3.8, 4) is 0 Å². The lowest BCUT2D eigenvalue weighted by Crippen LogP contribution is -2.24. The van der Waals surface area contributed by atoms with Crippen LogP contribution in [-0.4, -0.2) is 12.0 Å². The van der Waals surface area contributed by atoms with Crippen molar-refractivity contribution >= 4 is 10.9 Å². The van der Waals surface area contributed by atoms with Crippen LogP contribution in [0.4, 0.5) is 0 Å². The van der Waals surface area contributed by atoms with Gasteiger partial charge in [0.25, 0.3) is 0 Å². The fourth-order valence-corrected chi connectivity index (χ4v) is 2.71. The monoisotopic (exact) mass is 242 g/mol. The number of pyridine rings is 1. The molecule has 0 radical (unpaired) electrons. The molecule has 0 saturated carbocycles. The number of nitrogens with zero attached hydrogens (tertiary/aromatic N) is 1. The van der Waals surface area contributed by atoms with Gasteiger partial charge in [0.2, 0.25) is 0 Å². The number of hydrogen-bond acceptors (Lipinski definition) is 2. The molecule has 1 atom stereocenters. The minimum absolute atomic E-state index is 0.423. The van der Waals surface area contributed by atoms with Crippen molar-refractivity contribution in [1.82, 2.24) is 10.3 Å². The van der Waals surface area contributed by atoms with Crippen LogP contribution in [0.15, 0.2) is 36.5 Å². The van der Waals surface area contributed by atoms with E-state index >= 15 is 0 Å². The number of aromatic nitrogens is 1. The first kappa shape index (κ1) is 13.0. The van der Waals surface area contributed by atoms with E-state index in [2.05, 4.69) is 48.4 Å². The predicted molar refractivity (Wildman–Crippen MR) is 77.6 cm³/mol. The summed E-state index contributed by atoms with van der Waals surface area (Å²) >= 11 is 0. The summed E-state index contributed by atoms with van der Waals surface area (Å²) in [7, 11) is 2.05. The second-order valence-corrected chi connectivity index (χ2v) is 4.80. The highest BCUT2D eigenvalue weighted by Crippen LogP contribution is 2.28. The maximum absolute atomic E-state index is 4.44. The molecule has 0 amide bonds. The Bertz CT molecular complexity index is 503. The van der Waals surface area contributed by atoms with E-state index in [4.69, 9.17) is 0 Å². The second-order valence-electron chi connectivity index (χ2n) is 4.80. The summed E-state index contributed by atoms with van der Waals surface area (Å²) in [6.07, 6.45) is 4.25. The molecule has 2 nitrogen and oxygen atoms in total. The summed E-state index contributed by atoms with van der Waals surface area (Å²) in [5.74, 6) is 0.677. The van der Waals surface area contributed by atoms with Crippen molar-refractivity contribution in [3.05, 3.63) is 42.1 Å². The van der Waals surface area contributed by atoms with Gasteiger partial charge in [-0.3, -0.25) is 4.98 Å². The van der Waals surface area contributed by atoms with Gasteiger partial charge in [0, 0.05) is 17.6 Å². The summed E-state index contributed by atoms with van der Waals surface area (Å²) in [5.41, 5.74) is 2.43. The van der Waals surface area contributed by atoms with Crippen LogP contribution < -0.4 is 5.32 Å². The van der Waals surface area contributed by atoms with Crippen LogP contribution in [0.3, 0.4) is 0 Å². The molecule has 1 heterocycles. The van der Waals surface area contributed by atoms with E-state index < -0.39 is 0 Å². The van der Waals surface area contributed by atoms with E-state index in [-0.39, 0.29) is 0 Å². The lowest BCUT2D eigenvalue weighted by Gasteiger charge is -2.25. The molecule has 96 valence electrons. The standard InChI is InChI=1S/C16H22N2/c1-4-12(5-2)16(17-3)14-9-8-13-7-6-10-18-15(13)11-14/h6-12,16-17H,4-5H2,1-3H3. The fourth-order valence-electron chi connectivity index (χ4n) is 2.71. The van der Waals surface area contributed by atoms with Crippen LogP contribution in [0.1, 0.15) is 38.3 Å². The Labute approximate surface area is 109 Å². The Hall–Kier alpha value is -1.41. The molecule has 2 aromatic rings. The van der Waals surface area contributed by atoms with Crippen LogP contribution in [0.25, 0.3) is 10.9 Å². The van der Waals surface area contributed by atoms with Gasteiger partial charge in [-0.05, 0) is 30.7 Å². The van der Waals surface area contributed by atoms with Gasteiger partial charge in [-0.2, -0.15) is 0 Å². The van der Waals surface area contributed by atoms with Gasteiger partial charge in [-0.15, -0.1) is 0 Å². The first-order chi connectivity index (χ1) is 8.80. The zero-order chi connectivity index (χ0) is 13.0. The summed E-state index contributed by atoms with van der Waals surface area (Å²) < 4.78 is 0. The fraction of sp³-hybridized carbons (Fsp3) is 0.438. The Kier molecular flexibility index (Phi) is 4.32. The van der Waals surface area contributed by atoms with Crippen molar-refractivity contribution in [2.45, 2.75) is 32.7 Å². The number of nitrogens with one attached hydrogen (secondary N) is 1. The van der Waals surface area contributed by atoms with Crippen molar-refractivity contribution in [3.63, 3.8) is 0 Å². The Morgan fingerprint density at radius 1 is 1.17 bits per heavy atom. The molecule has 0 fully saturated rings. The van der Waals surface area contributed by atoms with Gasteiger partial charge in [0.15, 0.2) is 0 Å². The van der Waals surface area contributed by atoms with Crippen molar-refractivity contribution in [2.24, 2.45) is 5.92 Å². The maximum atomic E-state index is 4.44. The van der Waals surface area contributed by atoms with Crippen LogP contribution in [-0.2, 0) is 0 Å². The molecule has 1 aromatic carbocycles. The van der Waals surface area contributed by atoms with Gasteiger partial charge in [0.1, 0.15) is 0 Å². The molecule has 0 spiro atoms. The smallest absolute Gasteiger partial charge is 0.0705 e. The van der Waals surface area contributed by atoms with E-state index in [9.17, 15) is 0 Å². The summed E-state index contributed by atoms with van der Waals surface area (Å²) in [6, 6.07) is 11.1. The molecule has 2 heteroatoms. The van der Waals surface area contributed by atoms with Gasteiger partial charge < -0.3 is 5.32 Å². The number of hydrogen-bond donors (Lipinski definition) is 1. The van der Waals surface area contributed by atoms with Crippen LogP contribution >= 0.6 is 0 Å². The van der Waals surface area contributed by atoms with Crippen molar-refractivity contribution < 1.29 is 0 Å². The van der Waals surface area contributed by atoms with E-state index in [1.165, 1.54) is 23.8 Å². The van der Waals surface area contributed by atoms with Crippen LogP contribution in [0, 0.1) is 5.92 Å². The predicted octanol–water partition coefficient (Wildman–Crippen LogP) is 3.93. The normalized spacial score (nSPS) is 13.1. The number of benzene rings is 1. The lowest BCUT2D eigenvalue weighted by atomic mass is 9.88. The van der Waals surface area contributed by atoms with Crippen LogP contribution in [0.2, 0.25) is 0 Å². The Balaban J connectivity index is 2.39. The van der Waals surface area contributed by atoms with Gasteiger partial charge in [-0.25, -0.2) is 0 Å². The average Bonchev–Trinajstić information content (AvgIpc) is 2.44. The number of rotatable bonds is 5. The maximum Gasteiger partial charge on any atom is 0.0705 e. The molecule has 0 aliphatic carbocycles. The summed E-state index contributed by atoms with van der Waals surface area (Å²) in [6.45, 7) is 4.52. The van der Waals surface area contributed by atoms with E-state index in [0.717, 1.165) is 5.52 Å². The van der Waals surface area contributed by atoms with Gasteiger partial charge in [0.05, 0.1) is 5.52 Å². The summed E-state index contributed by atoms with van der Waals surface area (Å²) in [5, 5.41) is 4.67. The molecule has 1 unspecified atom stereocenters. The third-order valence-corrected chi connectivity index (χ3v) is 3.82. The largest absolute Gasteiger partial charge is 0.313 e. The molecule has 0 aliphatic heterocycles. The van der Waals surface area contributed by atoms with E-state index in [1.807, 2.05) is 19.3 Å². The quantitative estimate of drug-likeness (QED) is 0.859. The minimum atomic E-state index is 0.423. The lowest BCUT2D eigenvalue weighted by molar-refractivity contribution is 0.360. The number of fused-ring (bicyclic) bond motifs is 1. The molecular weight excluding hydrogens is 220 g/mol. The molecule has 1 aromatic heterocycles. The zero-order valence-electron chi connectivity index (χ0n) is 11.5. The highest BCUT2D eigenvalue weighted by molar-refractivity contribution is 5.78. The SMILES string of the molecule is CCC(CC)C(NC)c1ccc2cccnc2c1. The molecule has 0 saturated heterocycles. The van der Waals surface area contributed by atoms with Crippen molar-refractivity contribution in [2.75, 3.05) is 7.05 Å². The second kappa shape index (κ2) is 5.96. The van der Waals surface area contributed by atoms with Gasteiger partial charge >= 0.3 is 0 Å². The highest BCUT2D eigenvalue weighted by Gasteiger charge is 2.18. The Morgan fingerprint density at radius 2 is 1.94 bits per heavy atom. The minimum Gasteiger partial charge on any atom is -0.313 e. The van der Waals surface area contributed by atoms with E-state index in [1.54, 1.807) is 0 Å². The molecular formula is C16H22N2. The molecule has 2 rings (SSSR count). The Morgan fingerprint density at radius 3 is 2.61 bits per heavy atom. The van der Waals surface area contributed by atoms with Crippen LogP contribution in [0.5, 0.6) is 0 Å². The highest BCUT2D eigenvalue weighted by atomic mass is 14.9. The first-order valence-corrected chi connectivity index (χ1v) is 6.82.